The van der Waals surface area contributed by atoms with Gasteiger partial charge >= 0.3 is 0 Å². The highest BCUT2D eigenvalue weighted by molar-refractivity contribution is 6.31. The molecule has 5 heteroatoms. The van der Waals surface area contributed by atoms with Crippen molar-refractivity contribution in [1.29, 1.82) is 5.41 Å². The lowest BCUT2D eigenvalue weighted by atomic mass is 10.2. The molecule has 0 atom stereocenters. The fraction of sp³-hybridized carbons (Fsp3) is 0.300. The highest BCUT2D eigenvalue weighted by Gasteiger charge is 2.13. The average molecular weight is 228 g/mol. The van der Waals surface area contributed by atoms with Crippen LogP contribution in [0.2, 0.25) is 5.02 Å². The third-order valence-corrected chi connectivity index (χ3v) is 2.27. The second-order valence-electron chi connectivity index (χ2n) is 2.95. The SMILES string of the molecule is CCN(C(=N)N)c1cc(Cl)ccc1OC. The van der Waals surface area contributed by atoms with Gasteiger partial charge in [0.05, 0.1) is 12.8 Å². The molecular weight excluding hydrogens is 214 g/mol. The number of methoxy groups -OCH3 is 1. The molecule has 0 saturated carbocycles. The minimum atomic E-state index is -0.0296. The molecule has 15 heavy (non-hydrogen) atoms. The number of nitrogens with one attached hydrogen (secondary N) is 1. The van der Waals surface area contributed by atoms with E-state index in [1.807, 2.05) is 6.92 Å². The van der Waals surface area contributed by atoms with Crippen molar-refractivity contribution in [3.63, 3.8) is 0 Å². The Morgan fingerprint density at radius 2 is 2.27 bits per heavy atom. The Morgan fingerprint density at radius 1 is 1.60 bits per heavy atom. The van der Waals surface area contributed by atoms with Gasteiger partial charge < -0.3 is 15.4 Å². The Balaban J connectivity index is 3.19. The number of hydrogen-bond donors (Lipinski definition) is 2. The van der Waals surface area contributed by atoms with Crippen molar-refractivity contribution in [2.45, 2.75) is 6.92 Å². The number of guanidine groups is 1. The number of nitrogens with zero attached hydrogens (tertiary/aromatic N) is 1. The molecule has 0 heterocycles. The second kappa shape index (κ2) is 4.89. The largest absolute Gasteiger partial charge is 0.495 e. The van der Waals surface area contributed by atoms with Gasteiger partial charge in [0.1, 0.15) is 5.75 Å². The van der Waals surface area contributed by atoms with E-state index in [1.54, 1.807) is 30.2 Å². The summed E-state index contributed by atoms with van der Waals surface area (Å²) in [4.78, 5) is 1.62. The fourth-order valence-corrected chi connectivity index (χ4v) is 1.51. The zero-order valence-electron chi connectivity index (χ0n) is 8.75. The van der Waals surface area contributed by atoms with E-state index < -0.39 is 0 Å². The van der Waals surface area contributed by atoms with Crippen LogP contribution in [0.25, 0.3) is 0 Å². The van der Waals surface area contributed by atoms with E-state index in [0.717, 1.165) is 0 Å². The summed E-state index contributed by atoms with van der Waals surface area (Å²) in [6, 6.07) is 5.21. The van der Waals surface area contributed by atoms with Crippen LogP contribution in [0.5, 0.6) is 5.75 Å². The first kappa shape index (κ1) is 11.7. The molecule has 3 N–H and O–H groups in total. The minimum Gasteiger partial charge on any atom is -0.495 e. The van der Waals surface area contributed by atoms with Gasteiger partial charge in [-0.1, -0.05) is 11.6 Å². The van der Waals surface area contributed by atoms with Crippen molar-refractivity contribution < 1.29 is 4.74 Å². The van der Waals surface area contributed by atoms with Crippen LogP contribution in [-0.4, -0.2) is 19.6 Å². The molecule has 0 fully saturated rings. The van der Waals surface area contributed by atoms with E-state index in [4.69, 9.17) is 27.5 Å². The van der Waals surface area contributed by atoms with Gasteiger partial charge in [-0.3, -0.25) is 5.41 Å². The number of halogens is 1. The first-order chi connectivity index (χ1) is 7.10. The Labute approximate surface area is 94.1 Å². The predicted octanol–water partition coefficient (Wildman–Crippen LogP) is 2.07. The smallest absolute Gasteiger partial charge is 0.193 e. The van der Waals surface area contributed by atoms with Crippen LogP contribution >= 0.6 is 11.6 Å². The normalized spacial score (nSPS) is 9.80. The van der Waals surface area contributed by atoms with E-state index >= 15 is 0 Å². The minimum absolute atomic E-state index is 0.0296. The highest BCUT2D eigenvalue weighted by atomic mass is 35.5. The number of rotatable bonds is 3. The first-order valence-electron chi connectivity index (χ1n) is 4.55. The maximum absolute atomic E-state index is 7.44. The Hall–Kier alpha value is -1.42. The summed E-state index contributed by atoms with van der Waals surface area (Å²) in [5.41, 5.74) is 6.17. The Bertz CT molecular complexity index is 368. The molecule has 0 radical (unpaired) electrons. The molecule has 82 valence electrons. The highest BCUT2D eigenvalue weighted by Crippen LogP contribution is 2.30. The molecule has 0 aromatic heterocycles. The average Bonchev–Trinajstić information content (AvgIpc) is 2.18. The Morgan fingerprint density at radius 3 is 2.73 bits per heavy atom. The lowest BCUT2D eigenvalue weighted by molar-refractivity contribution is 0.415. The summed E-state index contributed by atoms with van der Waals surface area (Å²) in [5, 5.41) is 8.02. The van der Waals surface area contributed by atoms with Gasteiger partial charge in [0.15, 0.2) is 5.96 Å². The summed E-state index contributed by atoms with van der Waals surface area (Å²) in [6.07, 6.45) is 0. The number of nitrogens with two attached hydrogens (primary N) is 1. The third kappa shape index (κ3) is 2.53. The van der Waals surface area contributed by atoms with Gasteiger partial charge in [-0.2, -0.15) is 0 Å². The van der Waals surface area contributed by atoms with Crippen LogP contribution in [0.15, 0.2) is 18.2 Å². The molecule has 1 aromatic rings. The molecule has 4 nitrogen and oxygen atoms in total. The van der Waals surface area contributed by atoms with Crippen molar-refractivity contribution in [2.75, 3.05) is 18.6 Å². The molecule has 0 aliphatic rings. The molecule has 1 rings (SSSR count). The quantitative estimate of drug-likeness (QED) is 0.614. The number of ether oxygens (including phenoxy) is 1. The Kier molecular flexibility index (Phi) is 3.80. The predicted molar refractivity (Wildman–Crippen MR) is 62.9 cm³/mol. The number of hydrogen-bond acceptors (Lipinski definition) is 2. The summed E-state index contributed by atoms with van der Waals surface area (Å²) in [7, 11) is 1.57. The van der Waals surface area contributed by atoms with E-state index in [-0.39, 0.29) is 5.96 Å². The van der Waals surface area contributed by atoms with E-state index in [9.17, 15) is 0 Å². The zero-order valence-corrected chi connectivity index (χ0v) is 9.51. The van der Waals surface area contributed by atoms with Gasteiger partial charge in [-0.05, 0) is 25.1 Å². The maximum atomic E-state index is 7.44. The van der Waals surface area contributed by atoms with Gasteiger partial charge in [0.2, 0.25) is 0 Å². The second-order valence-corrected chi connectivity index (χ2v) is 3.38. The number of benzene rings is 1. The summed E-state index contributed by atoms with van der Waals surface area (Å²) in [5.74, 6) is 0.620. The topological polar surface area (TPSA) is 62.3 Å². The summed E-state index contributed by atoms with van der Waals surface area (Å²) < 4.78 is 5.18. The van der Waals surface area contributed by atoms with Crippen molar-refractivity contribution in [3.05, 3.63) is 23.2 Å². The lowest BCUT2D eigenvalue weighted by Crippen LogP contribution is -2.36. The summed E-state index contributed by atoms with van der Waals surface area (Å²) in [6.45, 7) is 2.49. The third-order valence-electron chi connectivity index (χ3n) is 2.04. The lowest BCUT2D eigenvalue weighted by Gasteiger charge is -2.23. The van der Waals surface area contributed by atoms with E-state index in [2.05, 4.69) is 0 Å². The molecule has 0 unspecified atom stereocenters. The summed E-state index contributed by atoms with van der Waals surface area (Å²) >= 11 is 5.89. The molecule has 0 bridgehead atoms. The molecule has 0 spiro atoms. The zero-order chi connectivity index (χ0) is 11.4. The molecule has 1 aromatic carbocycles. The first-order valence-corrected chi connectivity index (χ1v) is 4.93. The molecule has 0 aliphatic heterocycles. The standard InChI is InChI=1S/C10H14ClN3O/c1-3-14(10(12)13)8-6-7(11)4-5-9(8)15-2/h4-6H,3H2,1-2H3,(H3,12,13). The van der Waals surface area contributed by atoms with E-state index in [1.165, 1.54) is 0 Å². The fourth-order valence-electron chi connectivity index (χ4n) is 1.34. The number of anilines is 1. The molecule has 0 aliphatic carbocycles. The van der Waals surface area contributed by atoms with Gasteiger partial charge in [0, 0.05) is 11.6 Å². The van der Waals surface area contributed by atoms with E-state index in [0.29, 0.717) is 23.0 Å². The van der Waals surface area contributed by atoms with Gasteiger partial charge in [0.25, 0.3) is 0 Å². The van der Waals surface area contributed by atoms with Crippen LogP contribution in [-0.2, 0) is 0 Å². The van der Waals surface area contributed by atoms with Crippen molar-refractivity contribution in [1.82, 2.24) is 0 Å². The maximum Gasteiger partial charge on any atom is 0.193 e. The van der Waals surface area contributed by atoms with Crippen LogP contribution in [0.3, 0.4) is 0 Å². The van der Waals surface area contributed by atoms with Crippen molar-refractivity contribution in [3.8, 4) is 5.75 Å². The van der Waals surface area contributed by atoms with Crippen LogP contribution in [0, 0.1) is 5.41 Å². The van der Waals surface area contributed by atoms with Crippen LogP contribution in [0.4, 0.5) is 5.69 Å². The molecular formula is C10H14ClN3O. The monoisotopic (exact) mass is 227 g/mol. The molecule has 0 amide bonds. The van der Waals surface area contributed by atoms with Gasteiger partial charge in [-0.25, -0.2) is 0 Å². The van der Waals surface area contributed by atoms with Crippen LogP contribution < -0.4 is 15.4 Å². The van der Waals surface area contributed by atoms with Crippen molar-refractivity contribution in [2.24, 2.45) is 5.73 Å². The molecule has 0 saturated heterocycles. The van der Waals surface area contributed by atoms with Gasteiger partial charge in [-0.15, -0.1) is 0 Å². The van der Waals surface area contributed by atoms with Crippen molar-refractivity contribution >= 4 is 23.2 Å². The van der Waals surface area contributed by atoms with Crippen LogP contribution in [0.1, 0.15) is 6.92 Å².